The lowest BCUT2D eigenvalue weighted by Crippen LogP contribution is -2.54. The maximum atomic E-state index is 12.2. The summed E-state index contributed by atoms with van der Waals surface area (Å²) in [5.41, 5.74) is 0. The van der Waals surface area contributed by atoms with E-state index in [0.717, 1.165) is 6.42 Å². The summed E-state index contributed by atoms with van der Waals surface area (Å²) in [5, 5.41) is 5.67. The van der Waals surface area contributed by atoms with Gasteiger partial charge in [0.2, 0.25) is 5.91 Å². The molecular weight excluding hydrogens is 248 g/mol. The summed E-state index contributed by atoms with van der Waals surface area (Å²) >= 11 is 0. The minimum atomic E-state index is -0.548. The summed E-state index contributed by atoms with van der Waals surface area (Å²) in [7, 11) is 1.54. The maximum absolute atomic E-state index is 12.2. The van der Waals surface area contributed by atoms with Gasteiger partial charge in [0.25, 0.3) is 0 Å². The van der Waals surface area contributed by atoms with Crippen molar-refractivity contribution in [2.75, 3.05) is 39.8 Å². The number of hydrogen-bond donors (Lipinski definition) is 2. The molecule has 106 valence electrons. The molecule has 0 aliphatic carbocycles. The lowest BCUT2D eigenvalue weighted by atomic mass is 10.2. The molecule has 0 aromatic rings. The first-order valence-electron chi connectivity index (χ1n) is 6.67. The Kier molecular flexibility index (Phi) is 4.36. The van der Waals surface area contributed by atoms with Crippen molar-refractivity contribution in [1.29, 1.82) is 0 Å². The number of carbonyl (C=O) groups is 3. The average molecular weight is 268 g/mol. The van der Waals surface area contributed by atoms with Crippen molar-refractivity contribution in [3.63, 3.8) is 0 Å². The fraction of sp³-hybridized carbons (Fsp3) is 0.750. The molecule has 0 aromatic carbocycles. The van der Waals surface area contributed by atoms with E-state index in [1.165, 1.54) is 4.90 Å². The number of likely N-dealkylation sites (tertiary alicyclic amines) is 1. The number of likely N-dealkylation sites (N-methyl/N-ethyl adjacent to an activating group) is 1. The summed E-state index contributed by atoms with van der Waals surface area (Å²) < 4.78 is 0. The number of nitrogens with one attached hydrogen (secondary N) is 2. The molecule has 3 amide bonds. The smallest absolute Gasteiger partial charge is 0.312 e. The third kappa shape index (κ3) is 2.86. The SMILES string of the molecule is CNC(=O)C1CCCN1C(=O)C(=O)N1CCNCC1. The zero-order valence-corrected chi connectivity index (χ0v) is 11.1. The Bertz CT molecular complexity index is 379. The zero-order valence-electron chi connectivity index (χ0n) is 11.1. The van der Waals surface area contributed by atoms with E-state index in [1.54, 1.807) is 11.9 Å². The maximum Gasteiger partial charge on any atom is 0.312 e. The highest BCUT2D eigenvalue weighted by Gasteiger charge is 2.38. The highest BCUT2D eigenvalue weighted by atomic mass is 16.2. The van der Waals surface area contributed by atoms with Gasteiger partial charge in [0.1, 0.15) is 6.04 Å². The topological polar surface area (TPSA) is 81.8 Å². The van der Waals surface area contributed by atoms with Crippen molar-refractivity contribution in [2.24, 2.45) is 0 Å². The van der Waals surface area contributed by atoms with Crippen molar-refractivity contribution < 1.29 is 14.4 Å². The summed E-state index contributed by atoms with van der Waals surface area (Å²) in [6, 6.07) is -0.496. The van der Waals surface area contributed by atoms with E-state index in [4.69, 9.17) is 0 Å². The van der Waals surface area contributed by atoms with Gasteiger partial charge in [-0.1, -0.05) is 0 Å². The third-order valence-electron chi connectivity index (χ3n) is 3.65. The molecular formula is C12H20N4O3. The van der Waals surface area contributed by atoms with Crippen molar-refractivity contribution >= 4 is 17.7 Å². The molecule has 2 fully saturated rings. The van der Waals surface area contributed by atoms with Crippen LogP contribution in [0.2, 0.25) is 0 Å². The largest absolute Gasteiger partial charge is 0.357 e. The fourth-order valence-corrected chi connectivity index (χ4v) is 2.58. The van der Waals surface area contributed by atoms with Crippen LogP contribution in [0, 0.1) is 0 Å². The molecule has 0 radical (unpaired) electrons. The molecule has 0 bridgehead atoms. The second-order valence-electron chi connectivity index (χ2n) is 4.81. The fourth-order valence-electron chi connectivity index (χ4n) is 2.58. The Hall–Kier alpha value is -1.63. The monoisotopic (exact) mass is 268 g/mol. The van der Waals surface area contributed by atoms with Crippen molar-refractivity contribution in [3.8, 4) is 0 Å². The third-order valence-corrected chi connectivity index (χ3v) is 3.65. The number of nitrogens with zero attached hydrogens (tertiary/aromatic N) is 2. The Morgan fingerprint density at radius 2 is 1.79 bits per heavy atom. The predicted octanol–water partition coefficient (Wildman–Crippen LogP) is -1.84. The van der Waals surface area contributed by atoms with Gasteiger partial charge < -0.3 is 20.4 Å². The van der Waals surface area contributed by atoms with Gasteiger partial charge in [0.15, 0.2) is 0 Å². The van der Waals surface area contributed by atoms with Crippen LogP contribution in [0.25, 0.3) is 0 Å². The molecule has 0 saturated carbocycles. The lowest BCUT2D eigenvalue weighted by Gasteiger charge is -2.30. The minimum Gasteiger partial charge on any atom is -0.357 e. The summed E-state index contributed by atoms with van der Waals surface area (Å²) in [6.07, 6.45) is 1.39. The minimum absolute atomic E-state index is 0.195. The zero-order chi connectivity index (χ0) is 13.8. The quantitative estimate of drug-likeness (QED) is 0.547. The molecule has 0 spiro atoms. The second kappa shape index (κ2) is 6.01. The first-order valence-corrected chi connectivity index (χ1v) is 6.67. The van der Waals surface area contributed by atoms with Crippen molar-refractivity contribution in [3.05, 3.63) is 0 Å². The summed E-state index contributed by atoms with van der Waals surface area (Å²) in [5.74, 6) is -1.23. The number of rotatable bonds is 1. The normalized spacial score (nSPS) is 23.3. The Balaban J connectivity index is 2.01. The molecule has 7 heteroatoms. The van der Waals surface area contributed by atoms with E-state index >= 15 is 0 Å². The van der Waals surface area contributed by atoms with Crippen LogP contribution in [0.1, 0.15) is 12.8 Å². The molecule has 7 nitrogen and oxygen atoms in total. The molecule has 19 heavy (non-hydrogen) atoms. The Labute approximate surface area is 112 Å². The molecule has 2 N–H and O–H groups in total. The van der Waals surface area contributed by atoms with E-state index in [-0.39, 0.29) is 5.91 Å². The standard InChI is InChI=1S/C12H20N4O3/c1-13-10(17)9-3-2-6-16(9)12(19)11(18)15-7-4-14-5-8-15/h9,14H,2-8H2,1H3,(H,13,17). The second-order valence-corrected chi connectivity index (χ2v) is 4.81. The molecule has 2 saturated heterocycles. The van der Waals surface area contributed by atoms with Crippen LogP contribution >= 0.6 is 0 Å². The molecule has 2 aliphatic heterocycles. The van der Waals surface area contributed by atoms with Gasteiger partial charge >= 0.3 is 11.8 Å². The van der Waals surface area contributed by atoms with Crippen molar-refractivity contribution in [2.45, 2.75) is 18.9 Å². The van der Waals surface area contributed by atoms with Crippen LogP contribution < -0.4 is 10.6 Å². The first kappa shape index (κ1) is 13.8. The van der Waals surface area contributed by atoms with Gasteiger partial charge in [0.05, 0.1) is 0 Å². The van der Waals surface area contributed by atoms with Crippen LogP contribution in [-0.2, 0) is 14.4 Å². The van der Waals surface area contributed by atoms with Crippen LogP contribution in [-0.4, -0.2) is 73.3 Å². The Morgan fingerprint density at radius 3 is 2.42 bits per heavy atom. The summed E-state index contributed by atoms with van der Waals surface area (Å²) in [6.45, 7) is 2.98. The van der Waals surface area contributed by atoms with Gasteiger partial charge in [-0.2, -0.15) is 0 Å². The van der Waals surface area contributed by atoms with E-state index in [2.05, 4.69) is 10.6 Å². The molecule has 1 unspecified atom stereocenters. The van der Waals surface area contributed by atoms with Gasteiger partial charge in [-0.05, 0) is 12.8 Å². The lowest BCUT2D eigenvalue weighted by molar-refractivity contribution is -0.153. The van der Waals surface area contributed by atoms with E-state index in [1.807, 2.05) is 0 Å². The van der Waals surface area contributed by atoms with Crippen LogP contribution in [0.5, 0.6) is 0 Å². The van der Waals surface area contributed by atoms with Crippen LogP contribution in [0.15, 0.2) is 0 Å². The number of amides is 3. The number of carbonyl (C=O) groups excluding carboxylic acids is 3. The van der Waals surface area contributed by atoms with E-state index < -0.39 is 17.9 Å². The predicted molar refractivity (Wildman–Crippen MR) is 68.3 cm³/mol. The van der Waals surface area contributed by atoms with Crippen LogP contribution in [0.4, 0.5) is 0 Å². The van der Waals surface area contributed by atoms with Gasteiger partial charge in [-0.15, -0.1) is 0 Å². The molecule has 2 aliphatic rings. The molecule has 0 aromatic heterocycles. The van der Waals surface area contributed by atoms with Gasteiger partial charge in [-0.25, -0.2) is 0 Å². The first-order chi connectivity index (χ1) is 9.15. The molecule has 1 atom stereocenters. The Morgan fingerprint density at radius 1 is 1.11 bits per heavy atom. The highest BCUT2D eigenvalue weighted by Crippen LogP contribution is 2.18. The molecule has 2 heterocycles. The number of piperazine rings is 1. The van der Waals surface area contributed by atoms with E-state index in [0.29, 0.717) is 39.1 Å². The van der Waals surface area contributed by atoms with Gasteiger partial charge in [-0.3, -0.25) is 14.4 Å². The summed E-state index contributed by atoms with van der Waals surface area (Å²) in [4.78, 5) is 39.0. The van der Waals surface area contributed by atoms with E-state index in [9.17, 15) is 14.4 Å². The van der Waals surface area contributed by atoms with Crippen LogP contribution in [0.3, 0.4) is 0 Å². The highest BCUT2D eigenvalue weighted by molar-refractivity contribution is 6.35. The van der Waals surface area contributed by atoms with Crippen molar-refractivity contribution in [1.82, 2.24) is 20.4 Å². The number of hydrogen-bond acceptors (Lipinski definition) is 4. The molecule has 2 rings (SSSR count). The average Bonchev–Trinajstić information content (AvgIpc) is 2.95. The van der Waals surface area contributed by atoms with Gasteiger partial charge in [0, 0.05) is 39.8 Å².